The molecule has 0 radical (unpaired) electrons. The van der Waals surface area contributed by atoms with Crippen molar-refractivity contribution in [2.45, 2.75) is 4.90 Å². The van der Waals surface area contributed by atoms with Gasteiger partial charge >= 0.3 is 5.63 Å². The maximum absolute atomic E-state index is 12.6. The molecule has 3 aromatic rings. The van der Waals surface area contributed by atoms with Crippen molar-refractivity contribution in [3.8, 4) is 11.5 Å². The second-order valence-electron chi connectivity index (χ2n) is 6.27. The Labute approximate surface area is 173 Å². The lowest BCUT2D eigenvalue weighted by Crippen LogP contribution is -2.21. The average Bonchev–Trinajstić information content (AvgIpc) is 2.70. The minimum Gasteiger partial charge on any atom is -0.497 e. The minimum absolute atomic E-state index is 0.126. The Morgan fingerprint density at radius 2 is 1.53 bits per heavy atom. The van der Waals surface area contributed by atoms with Crippen LogP contribution >= 0.6 is 0 Å². The normalized spacial score (nSPS) is 12.3. The third-order valence-electron chi connectivity index (χ3n) is 4.15. The van der Waals surface area contributed by atoms with Crippen molar-refractivity contribution in [2.75, 3.05) is 19.3 Å². The molecule has 2 aromatic carbocycles. The Hall–Kier alpha value is -3.11. The Kier molecular flexibility index (Phi) is 5.99. The lowest BCUT2D eigenvalue weighted by atomic mass is 10.2. The summed E-state index contributed by atoms with van der Waals surface area (Å²) in [5.74, 6) is 1.02. The molecule has 0 aliphatic rings. The number of ether oxygens (including phenoxy) is 2. The number of rotatable bonds is 7. The fraction of sp³-hybridized carbons (Fsp3) is 0.150. The van der Waals surface area contributed by atoms with E-state index in [1.807, 2.05) is 0 Å². The minimum atomic E-state index is -4.47. The summed E-state index contributed by atoms with van der Waals surface area (Å²) in [4.78, 5) is 11.5. The van der Waals surface area contributed by atoms with Gasteiger partial charge in [-0.1, -0.05) is 12.1 Å². The topological polar surface area (TPSA) is 117 Å². The van der Waals surface area contributed by atoms with Gasteiger partial charge in [-0.15, -0.1) is 0 Å². The molecule has 0 amide bonds. The van der Waals surface area contributed by atoms with Crippen LogP contribution in [0.2, 0.25) is 0 Å². The van der Waals surface area contributed by atoms with Crippen LogP contribution in [0, 0.1) is 0 Å². The predicted octanol–water partition coefficient (Wildman–Crippen LogP) is 2.63. The molecule has 0 saturated heterocycles. The quantitative estimate of drug-likeness (QED) is 0.504. The number of fused-ring (bicyclic) bond motifs is 1. The molecule has 30 heavy (non-hydrogen) atoms. The summed E-state index contributed by atoms with van der Waals surface area (Å²) in [6, 6.07) is 12.1. The zero-order valence-electron chi connectivity index (χ0n) is 16.1. The van der Waals surface area contributed by atoms with Crippen molar-refractivity contribution in [1.29, 1.82) is 0 Å². The van der Waals surface area contributed by atoms with Gasteiger partial charge in [0, 0.05) is 16.9 Å². The first-order valence-electron chi connectivity index (χ1n) is 8.53. The molecule has 0 fully saturated rings. The lowest BCUT2D eigenvalue weighted by Gasteiger charge is -2.05. The van der Waals surface area contributed by atoms with Crippen LogP contribution < -0.4 is 15.1 Å². The van der Waals surface area contributed by atoms with E-state index in [1.54, 1.807) is 30.3 Å². The van der Waals surface area contributed by atoms with E-state index in [9.17, 15) is 21.6 Å². The summed E-state index contributed by atoms with van der Waals surface area (Å²) < 4.78 is 65.0. The summed E-state index contributed by atoms with van der Waals surface area (Å²) in [6.07, 6.45) is 1.26. The van der Waals surface area contributed by atoms with E-state index in [2.05, 4.69) is 0 Å². The van der Waals surface area contributed by atoms with Crippen LogP contribution in [0.3, 0.4) is 0 Å². The first-order chi connectivity index (χ1) is 14.1. The Bertz CT molecular complexity index is 1370. The number of hydrogen-bond acceptors (Lipinski definition) is 8. The fourth-order valence-electron chi connectivity index (χ4n) is 2.63. The molecule has 0 N–H and O–H groups in total. The molecule has 158 valence electrons. The molecular weight excluding hydrogens is 432 g/mol. The molecule has 0 saturated carbocycles. The average molecular weight is 450 g/mol. The van der Waals surface area contributed by atoms with Gasteiger partial charge in [0.25, 0.3) is 0 Å². The summed E-state index contributed by atoms with van der Waals surface area (Å²) in [6.45, 7) is 0. The lowest BCUT2D eigenvalue weighted by molar-refractivity contribution is 0.414. The van der Waals surface area contributed by atoms with Gasteiger partial charge in [0.15, 0.2) is 29.7 Å². The highest BCUT2D eigenvalue weighted by atomic mass is 32.3. The summed E-state index contributed by atoms with van der Waals surface area (Å²) in [5, 5.41) is -0.154. The monoisotopic (exact) mass is 450 g/mol. The highest BCUT2D eigenvalue weighted by Gasteiger charge is 2.27. The van der Waals surface area contributed by atoms with Crippen molar-refractivity contribution in [3.05, 3.63) is 69.9 Å². The number of sulfone groups is 2. The van der Waals surface area contributed by atoms with Gasteiger partial charge in [0.2, 0.25) is 0 Å². The van der Waals surface area contributed by atoms with Crippen molar-refractivity contribution in [2.24, 2.45) is 0 Å². The molecule has 0 unspecified atom stereocenters. The Balaban J connectivity index is 1.90. The van der Waals surface area contributed by atoms with Crippen molar-refractivity contribution in [3.63, 3.8) is 0 Å². The van der Waals surface area contributed by atoms with E-state index in [-0.39, 0.29) is 5.58 Å². The first-order valence-corrected chi connectivity index (χ1v) is 11.9. The molecule has 0 aliphatic carbocycles. The van der Waals surface area contributed by atoms with Crippen molar-refractivity contribution < 1.29 is 30.7 Å². The third kappa shape index (κ3) is 4.89. The summed E-state index contributed by atoms with van der Waals surface area (Å²) in [5.41, 5.74) is -0.485. The van der Waals surface area contributed by atoms with Crippen molar-refractivity contribution in [1.82, 2.24) is 0 Å². The highest BCUT2D eigenvalue weighted by molar-refractivity contribution is 8.09. The summed E-state index contributed by atoms with van der Waals surface area (Å²) >= 11 is 0. The van der Waals surface area contributed by atoms with Gasteiger partial charge < -0.3 is 13.9 Å². The number of hydrogen-bond donors (Lipinski definition) is 0. The standard InChI is InChI=1S/C20H18O8S2/c1-26-16-6-3-14(4-7-16)9-10-29(22,23)13-30(24,25)19-11-15-5-8-17(27-2)12-18(15)28-20(19)21/h3-12H,13H2,1-2H3/b10-9-. The predicted molar refractivity (Wildman–Crippen MR) is 112 cm³/mol. The van der Waals surface area contributed by atoms with Gasteiger partial charge in [-0.3, -0.25) is 0 Å². The first kappa shape index (κ1) is 21.6. The zero-order valence-corrected chi connectivity index (χ0v) is 17.7. The molecule has 10 heteroatoms. The highest BCUT2D eigenvalue weighted by Crippen LogP contribution is 2.22. The van der Waals surface area contributed by atoms with Crippen molar-refractivity contribution >= 4 is 36.7 Å². The SMILES string of the molecule is COc1ccc(/C=C\S(=O)(=O)CS(=O)(=O)c2cc3ccc(OC)cc3oc2=O)cc1. The van der Waals surface area contributed by atoms with Gasteiger partial charge in [-0.2, -0.15) is 0 Å². The Morgan fingerprint density at radius 1 is 0.900 bits per heavy atom. The molecule has 0 bridgehead atoms. The summed E-state index contributed by atoms with van der Waals surface area (Å²) in [7, 11) is -5.72. The van der Waals surface area contributed by atoms with E-state index in [0.29, 0.717) is 22.4 Å². The van der Waals surface area contributed by atoms with Gasteiger partial charge in [-0.25, -0.2) is 21.6 Å². The fourth-order valence-corrected chi connectivity index (χ4v) is 6.15. The van der Waals surface area contributed by atoms with Crippen LogP contribution in [0.1, 0.15) is 5.56 Å². The van der Waals surface area contributed by atoms with E-state index in [1.165, 1.54) is 32.4 Å². The molecule has 1 aromatic heterocycles. The van der Waals surface area contributed by atoms with Crippen LogP contribution in [0.5, 0.6) is 11.5 Å². The van der Waals surface area contributed by atoms with E-state index in [4.69, 9.17) is 13.9 Å². The van der Waals surface area contributed by atoms with Crippen LogP contribution in [0.25, 0.3) is 17.0 Å². The smallest absolute Gasteiger partial charge is 0.355 e. The maximum Gasteiger partial charge on any atom is 0.355 e. The van der Waals surface area contributed by atoms with E-state index in [0.717, 1.165) is 11.5 Å². The van der Waals surface area contributed by atoms with Crippen LogP contribution in [-0.2, 0) is 19.7 Å². The zero-order chi connectivity index (χ0) is 21.9. The van der Waals surface area contributed by atoms with Crippen LogP contribution in [-0.4, -0.2) is 36.1 Å². The molecule has 3 rings (SSSR count). The van der Waals surface area contributed by atoms with E-state index >= 15 is 0 Å². The molecule has 0 atom stereocenters. The van der Waals surface area contributed by atoms with Gasteiger partial charge in [0.05, 0.1) is 14.2 Å². The molecule has 1 heterocycles. The second-order valence-corrected chi connectivity index (χ2v) is 10.5. The number of methoxy groups -OCH3 is 2. The maximum atomic E-state index is 12.6. The van der Waals surface area contributed by atoms with Crippen LogP contribution in [0.15, 0.2) is 68.0 Å². The Morgan fingerprint density at radius 3 is 2.17 bits per heavy atom. The molecular formula is C20H18O8S2. The van der Waals surface area contributed by atoms with Crippen LogP contribution in [0.4, 0.5) is 0 Å². The van der Waals surface area contributed by atoms with Gasteiger partial charge in [0.1, 0.15) is 17.1 Å². The number of benzene rings is 2. The molecule has 0 aliphatic heterocycles. The largest absolute Gasteiger partial charge is 0.497 e. The molecule has 8 nitrogen and oxygen atoms in total. The molecule has 0 spiro atoms. The van der Waals surface area contributed by atoms with Gasteiger partial charge in [-0.05, 0) is 42.0 Å². The second kappa shape index (κ2) is 8.33. The third-order valence-corrected chi connectivity index (χ3v) is 8.21. The van der Waals surface area contributed by atoms with E-state index < -0.39 is 35.3 Å².